The molecule has 0 unspecified atom stereocenters. The molecule has 2 rings (SSSR count). The Morgan fingerprint density at radius 2 is 1.70 bits per heavy atom. The van der Waals surface area contributed by atoms with E-state index in [0.29, 0.717) is 31.1 Å². The largest absolute Gasteiger partial charge is 0.490 e. The van der Waals surface area contributed by atoms with Crippen LogP contribution in [0.3, 0.4) is 0 Å². The van der Waals surface area contributed by atoms with Crippen molar-refractivity contribution < 1.29 is 19.0 Å². The van der Waals surface area contributed by atoms with E-state index in [0.717, 1.165) is 17.7 Å². The minimum absolute atomic E-state index is 0.364. The number of methoxy groups -OCH3 is 1. The van der Waals surface area contributed by atoms with E-state index in [1.807, 2.05) is 24.3 Å². The summed E-state index contributed by atoms with van der Waals surface area (Å²) in [5, 5.41) is 0. The van der Waals surface area contributed by atoms with Gasteiger partial charge in [-0.25, -0.2) is 4.79 Å². The normalized spacial score (nSPS) is 10.2. The molecule has 0 aromatic heterocycles. The second kappa shape index (κ2) is 8.80. The molecule has 0 heterocycles. The minimum Gasteiger partial charge on any atom is -0.490 e. The number of hydrogen-bond acceptors (Lipinski definition) is 5. The quantitative estimate of drug-likeness (QED) is 0.598. The van der Waals surface area contributed by atoms with Gasteiger partial charge in [0.1, 0.15) is 24.7 Å². The molecule has 0 spiro atoms. The minimum atomic E-state index is -0.364. The Bertz CT molecular complexity index is 625. The summed E-state index contributed by atoms with van der Waals surface area (Å²) in [6, 6.07) is 14.7. The lowest BCUT2D eigenvalue weighted by atomic mass is 10.1. The Morgan fingerprint density at radius 3 is 2.35 bits per heavy atom. The molecule has 0 saturated carbocycles. The second-order valence-electron chi connectivity index (χ2n) is 4.90. The molecule has 0 amide bonds. The molecule has 5 nitrogen and oxygen atoms in total. The lowest BCUT2D eigenvalue weighted by Gasteiger charge is -2.09. The maximum absolute atomic E-state index is 11.3. The van der Waals surface area contributed by atoms with Gasteiger partial charge in [0.15, 0.2) is 0 Å². The molecule has 2 N–H and O–H groups in total. The van der Waals surface area contributed by atoms with Crippen LogP contribution in [0, 0.1) is 0 Å². The molecule has 0 aliphatic carbocycles. The zero-order valence-corrected chi connectivity index (χ0v) is 13.2. The van der Waals surface area contributed by atoms with Crippen LogP contribution in [0.5, 0.6) is 11.5 Å². The molecule has 0 aliphatic heterocycles. The summed E-state index contributed by atoms with van der Waals surface area (Å²) in [5.41, 5.74) is 7.20. The van der Waals surface area contributed by atoms with Gasteiger partial charge in [-0.3, -0.25) is 0 Å². The summed E-state index contributed by atoms with van der Waals surface area (Å²) in [4.78, 5) is 11.3. The number of hydrogen-bond donors (Lipinski definition) is 1. The highest BCUT2D eigenvalue weighted by molar-refractivity contribution is 5.89. The Hall–Kier alpha value is -2.53. The SMILES string of the molecule is COC(=O)c1ccc(OCCOc2cccc(CCN)c2)cc1. The van der Waals surface area contributed by atoms with Crippen LogP contribution in [0.4, 0.5) is 0 Å². The summed E-state index contributed by atoms with van der Waals surface area (Å²) in [7, 11) is 1.35. The van der Waals surface area contributed by atoms with Crippen LogP contribution in [0.25, 0.3) is 0 Å². The molecule has 5 heteroatoms. The van der Waals surface area contributed by atoms with E-state index in [1.54, 1.807) is 24.3 Å². The van der Waals surface area contributed by atoms with Crippen LogP contribution in [-0.4, -0.2) is 32.8 Å². The zero-order chi connectivity index (χ0) is 16.5. The van der Waals surface area contributed by atoms with E-state index in [-0.39, 0.29) is 5.97 Å². The lowest BCUT2D eigenvalue weighted by molar-refractivity contribution is 0.0600. The third kappa shape index (κ3) is 5.30. The average molecular weight is 315 g/mol. The van der Waals surface area contributed by atoms with Crippen molar-refractivity contribution >= 4 is 5.97 Å². The molecule has 23 heavy (non-hydrogen) atoms. The Labute approximate surface area is 136 Å². The van der Waals surface area contributed by atoms with Crippen molar-refractivity contribution in [2.45, 2.75) is 6.42 Å². The van der Waals surface area contributed by atoms with Crippen molar-refractivity contribution in [2.75, 3.05) is 26.9 Å². The molecular formula is C18H21NO4. The number of esters is 1. The third-order valence-corrected chi connectivity index (χ3v) is 3.23. The molecular weight excluding hydrogens is 294 g/mol. The van der Waals surface area contributed by atoms with E-state index < -0.39 is 0 Å². The predicted molar refractivity (Wildman–Crippen MR) is 88.0 cm³/mol. The lowest BCUT2D eigenvalue weighted by Crippen LogP contribution is -2.09. The highest BCUT2D eigenvalue weighted by Gasteiger charge is 2.04. The van der Waals surface area contributed by atoms with Gasteiger partial charge >= 0.3 is 5.97 Å². The molecule has 0 radical (unpaired) electrons. The number of rotatable bonds is 8. The monoisotopic (exact) mass is 315 g/mol. The van der Waals surface area contributed by atoms with Crippen molar-refractivity contribution in [3.8, 4) is 11.5 Å². The van der Waals surface area contributed by atoms with Crippen molar-refractivity contribution in [3.63, 3.8) is 0 Å². The van der Waals surface area contributed by atoms with Crippen molar-refractivity contribution in [3.05, 3.63) is 59.7 Å². The fourth-order valence-electron chi connectivity index (χ4n) is 2.08. The summed E-state index contributed by atoms with van der Waals surface area (Å²) in [6.07, 6.45) is 0.834. The highest BCUT2D eigenvalue weighted by atomic mass is 16.5. The van der Waals surface area contributed by atoms with Gasteiger partial charge in [0.25, 0.3) is 0 Å². The third-order valence-electron chi connectivity index (χ3n) is 3.23. The van der Waals surface area contributed by atoms with Gasteiger partial charge in [-0.2, -0.15) is 0 Å². The van der Waals surface area contributed by atoms with Gasteiger partial charge in [-0.15, -0.1) is 0 Å². The number of carbonyl (C=O) groups is 1. The van der Waals surface area contributed by atoms with E-state index in [9.17, 15) is 4.79 Å². The van der Waals surface area contributed by atoms with Gasteiger partial charge in [0, 0.05) is 0 Å². The molecule has 2 aromatic carbocycles. The first-order valence-electron chi connectivity index (χ1n) is 7.46. The van der Waals surface area contributed by atoms with Crippen LogP contribution in [0.1, 0.15) is 15.9 Å². The first kappa shape index (κ1) is 16.8. The fraction of sp³-hybridized carbons (Fsp3) is 0.278. The van der Waals surface area contributed by atoms with E-state index in [4.69, 9.17) is 15.2 Å². The van der Waals surface area contributed by atoms with Crippen LogP contribution >= 0.6 is 0 Å². The number of nitrogens with two attached hydrogens (primary N) is 1. The van der Waals surface area contributed by atoms with Crippen LogP contribution in [-0.2, 0) is 11.2 Å². The van der Waals surface area contributed by atoms with Gasteiger partial charge < -0.3 is 19.9 Å². The van der Waals surface area contributed by atoms with E-state index in [2.05, 4.69) is 4.74 Å². The molecule has 0 aliphatic rings. The molecule has 0 atom stereocenters. The number of ether oxygens (including phenoxy) is 3. The van der Waals surface area contributed by atoms with Crippen LogP contribution < -0.4 is 15.2 Å². The van der Waals surface area contributed by atoms with Gasteiger partial charge in [0.05, 0.1) is 12.7 Å². The maximum Gasteiger partial charge on any atom is 0.337 e. The Kier molecular flexibility index (Phi) is 6.44. The smallest absolute Gasteiger partial charge is 0.337 e. The summed E-state index contributed by atoms with van der Waals surface area (Å²) < 4.78 is 15.9. The van der Waals surface area contributed by atoms with Crippen molar-refractivity contribution in [1.82, 2.24) is 0 Å². The topological polar surface area (TPSA) is 70.8 Å². The van der Waals surface area contributed by atoms with Gasteiger partial charge in [0.2, 0.25) is 0 Å². The predicted octanol–water partition coefficient (Wildman–Crippen LogP) is 2.43. The van der Waals surface area contributed by atoms with Gasteiger partial charge in [-0.1, -0.05) is 12.1 Å². The zero-order valence-electron chi connectivity index (χ0n) is 13.2. The van der Waals surface area contributed by atoms with Crippen molar-refractivity contribution in [1.29, 1.82) is 0 Å². The van der Waals surface area contributed by atoms with E-state index >= 15 is 0 Å². The standard InChI is InChI=1S/C18H21NO4/c1-21-18(20)15-5-7-16(8-6-15)22-11-12-23-17-4-2-3-14(13-17)9-10-19/h2-8,13H,9-12,19H2,1H3. The average Bonchev–Trinajstić information content (AvgIpc) is 2.59. The molecule has 0 fully saturated rings. The summed E-state index contributed by atoms with van der Waals surface area (Å²) >= 11 is 0. The fourth-order valence-corrected chi connectivity index (χ4v) is 2.08. The molecule has 2 aromatic rings. The van der Waals surface area contributed by atoms with Crippen molar-refractivity contribution in [2.24, 2.45) is 5.73 Å². The first-order chi connectivity index (χ1) is 11.2. The molecule has 0 bridgehead atoms. The Balaban J connectivity index is 1.77. The molecule has 122 valence electrons. The Morgan fingerprint density at radius 1 is 1.00 bits per heavy atom. The highest BCUT2D eigenvalue weighted by Crippen LogP contribution is 2.15. The van der Waals surface area contributed by atoms with Gasteiger partial charge in [-0.05, 0) is 54.9 Å². The number of carbonyl (C=O) groups excluding carboxylic acids is 1. The summed E-state index contributed by atoms with van der Waals surface area (Å²) in [5.74, 6) is 1.12. The van der Waals surface area contributed by atoms with E-state index in [1.165, 1.54) is 7.11 Å². The first-order valence-corrected chi connectivity index (χ1v) is 7.46. The molecule has 0 saturated heterocycles. The van der Waals surface area contributed by atoms with Crippen LogP contribution in [0.2, 0.25) is 0 Å². The maximum atomic E-state index is 11.3. The summed E-state index contributed by atoms with van der Waals surface area (Å²) in [6.45, 7) is 1.47. The second-order valence-corrected chi connectivity index (χ2v) is 4.90. The van der Waals surface area contributed by atoms with Crippen LogP contribution in [0.15, 0.2) is 48.5 Å². The number of benzene rings is 2.